The first-order valence-corrected chi connectivity index (χ1v) is 4.40. The third-order valence-electron chi connectivity index (χ3n) is 1.58. The second kappa shape index (κ2) is 4.64. The molecule has 0 aromatic carbocycles. The lowest BCUT2D eigenvalue weighted by Crippen LogP contribution is -2.04. The fourth-order valence-corrected chi connectivity index (χ4v) is 0.809. The van der Waals surface area contributed by atoms with Crippen molar-refractivity contribution in [2.75, 3.05) is 12.3 Å². The molecule has 0 saturated heterocycles. The quantitative estimate of drug-likeness (QED) is 0.764. The zero-order valence-corrected chi connectivity index (χ0v) is 8.03. The van der Waals surface area contributed by atoms with Crippen LogP contribution in [0.25, 0.3) is 0 Å². The minimum absolute atomic E-state index is 0.362. The molecule has 1 aromatic heterocycles. The molecule has 1 heterocycles. The third-order valence-corrected chi connectivity index (χ3v) is 1.58. The molecule has 1 aromatic rings. The maximum Gasteiger partial charge on any atom is 0.318 e. The van der Waals surface area contributed by atoms with Gasteiger partial charge >= 0.3 is 6.01 Å². The molecule has 0 fully saturated rings. The third kappa shape index (κ3) is 3.73. The van der Waals surface area contributed by atoms with Crippen LogP contribution in [0.15, 0.2) is 12.3 Å². The highest BCUT2D eigenvalue weighted by Gasteiger charge is 1.98. The molecule has 4 heteroatoms. The normalized spacial score (nSPS) is 10.4. The van der Waals surface area contributed by atoms with E-state index in [1.165, 1.54) is 0 Å². The maximum atomic E-state index is 5.46. The van der Waals surface area contributed by atoms with Gasteiger partial charge in [-0.25, -0.2) is 4.98 Å². The summed E-state index contributed by atoms with van der Waals surface area (Å²) in [4.78, 5) is 7.84. The van der Waals surface area contributed by atoms with E-state index >= 15 is 0 Å². The van der Waals surface area contributed by atoms with Gasteiger partial charge in [0.1, 0.15) is 5.82 Å². The molecular formula is C9H15N3O. The number of hydrogen-bond acceptors (Lipinski definition) is 4. The summed E-state index contributed by atoms with van der Waals surface area (Å²) in [5, 5.41) is 0. The summed E-state index contributed by atoms with van der Waals surface area (Å²) < 4.78 is 5.30. The van der Waals surface area contributed by atoms with Gasteiger partial charge in [-0.3, -0.25) is 0 Å². The van der Waals surface area contributed by atoms with Crippen molar-refractivity contribution < 1.29 is 4.74 Å². The lowest BCUT2D eigenvalue weighted by atomic mass is 10.1. The molecule has 72 valence electrons. The molecule has 0 saturated carbocycles. The number of nitrogen functional groups attached to an aromatic ring is 1. The first-order valence-electron chi connectivity index (χ1n) is 4.40. The Balaban J connectivity index is 2.37. The van der Waals surface area contributed by atoms with Crippen LogP contribution in [0.3, 0.4) is 0 Å². The average molecular weight is 181 g/mol. The number of ether oxygens (including phenoxy) is 1. The van der Waals surface area contributed by atoms with Gasteiger partial charge in [0.05, 0.1) is 6.61 Å². The standard InChI is InChI=1S/C9H15N3O/c1-7(2)4-6-13-9-11-5-3-8(10)12-9/h3,5,7H,4,6H2,1-2H3,(H2,10,11,12). The van der Waals surface area contributed by atoms with Crippen LogP contribution in [0.5, 0.6) is 6.01 Å². The van der Waals surface area contributed by atoms with Gasteiger partial charge in [-0.2, -0.15) is 4.98 Å². The van der Waals surface area contributed by atoms with Crippen LogP contribution in [0.2, 0.25) is 0 Å². The zero-order valence-electron chi connectivity index (χ0n) is 8.03. The van der Waals surface area contributed by atoms with Crippen LogP contribution >= 0.6 is 0 Å². The van der Waals surface area contributed by atoms with E-state index in [-0.39, 0.29) is 0 Å². The molecule has 13 heavy (non-hydrogen) atoms. The van der Waals surface area contributed by atoms with Crippen molar-refractivity contribution in [1.82, 2.24) is 9.97 Å². The molecule has 0 spiro atoms. The van der Waals surface area contributed by atoms with Crippen LogP contribution in [0.1, 0.15) is 20.3 Å². The zero-order chi connectivity index (χ0) is 9.68. The number of nitrogens with zero attached hydrogens (tertiary/aromatic N) is 2. The summed E-state index contributed by atoms with van der Waals surface area (Å²) >= 11 is 0. The molecule has 0 aliphatic rings. The summed E-state index contributed by atoms with van der Waals surface area (Å²) in [6, 6.07) is 2.00. The van der Waals surface area contributed by atoms with Crippen molar-refractivity contribution in [3.8, 4) is 6.01 Å². The lowest BCUT2D eigenvalue weighted by molar-refractivity contribution is 0.269. The van der Waals surface area contributed by atoms with E-state index in [9.17, 15) is 0 Å². The maximum absolute atomic E-state index is 5.46. The summed E-state index contributed by atoms with van der Waals surface area (Å²) in [5.74, 6) is 1.07. The highest BCUT2D eigenvalue weighted by atomic mass is 16.5. The minimum Gasteiger partial charge on any atom is -0.463 e. The molecule has 0 aliphatic carbocycles. The molecule has 0 aliphatic heterocycles. The summed E-state index contributed by atoms with van der Waals surface area (Å²) in [6.45, 7) is 4.92. The van der Waals surface area contributed by atoms with Crippen molar-refractivity contribution in [2.45, 2.75) is 20.3 Å². The number of rotatable bonds is 4. The second-order valence-corrected chi connectivity index (χ2v) is 3.30. The van der Waals surface area contributed by atoms with Crippen LogP contribution in [0, 0.1) is 5.92 Å². The van der Waals surface area contributed by atoms with E-state index in [2.05, 4.69) is 23.8 Å². The monoisotopic (exact) mass is 181 g/mol. The van der Waals surface area contributed by atoms with Gasteiger partial charge in [0.2, 0.25) is 0 Å². The highest BCUT2D eigenvalue weighted by Crippen LogP contribution is 2.06. The SMILES string of the molecule is CC(C)CCOc1nccc(N)n1. The van der Waals surface area contributed by atoms with E-state index in [1.807, 2.05) is 0 Å². The fraction of sp³-hybridized carbons (Fsp3) is 0.556. The number of aromatic nitrogens is 2. The molecule has 2 N–H and O–H groups in total. The Kier molecular flexibility index (Phi) is 3.49. The first kappa shape index (κ1) is 9.77. The Bertz CT molecular complexity index is 263. The number of nitrogens with two attached hydrogens (primary N) is 1. The van der Waals surface area contributed by atoms with Crippen molar-refractivity contribution in [1.29, 1.82) is 0 Å². The molecule has 0 unspecified atom stereocenters. The predicted molar refractivity (Wildman–Crippen MR) is 51.4 cm³/mol. The van der Waals surface area contributed by atoms with Gasteiger partial charge in [-0.15, -0.1) is 0 Å². The lowest BCUT2D eigenvalue weighted by Gasteiger charge is -2.05. The summed E-state index contributed by atoms with van der Waals surface area (Å²) in [5.41, 5.74) is 5.46. The van der Waals surface area contributed by atoms with Gasteiger partial charge in [-0.05, 0) is 18.4 Å². The van der Waals surface area contributed by atoms with Gasteiger partial charge in [0.25, 0.3) is 0 Å². The van der Waals surface area contributed by atoms with E-state index in [0.717, 1.165) is 6.42 Å². The predicted octanol–water partition coefficient (Wildman–Crippen LogP) is 1.48. The Morgan fingerprint density at radius 3 is 2.92 bits per heavy atom. The van der Waals surface area contributed by atoms with Gasteiger partial charge in [0.15, 0.2) is 0 Å². The van der Waals surface area contributed by atoms with E-state index in [4.69, 9.17) is 10.5 Å². The molecular weight excluding hydrogens is 166 g/mol. The van der Waals surface area contributed by atoms with E-state index in [1.54, 1.807) is 12.3 Å². The Labute approximate surface area is 78.1 Å². The van der Waals surface area contributed by atoms with Crippen molar-refractivity contribution in [3.05, 3.63) is 12.3 Å². The van der Waals surface area contributed by atoms with Crippen LogP contribution in [-0.2, 0) is 0 Å². The topological polar surface area (TPSA) is 61.0 Å². The average Bonchev–Trinajstić information content (AvgIpc) is 2.03. The van der Waals surface area contributed by atoms with Gasteiger partial charge in [0, 0.05) is 6.20 Å². The fourth-order valence-electron chi connectivity index (χ4n) is 0.809. The number of hydrogen-bond donors (Lipinski definition) is 1. The summed E-state index contributed by atoms with van der Waals surface area (Å²) in [7, 11) is 0. The van der Waals surface area contributed by atoms with E-state index < -0.39 is 0 Å². The summed E-state index contributed by atoms with van der Waals surface area (Å²) in [6.07, 6.45) is 2.59. The first-order chi connectivity index (χ1) is 6.18. The van der Waals surface area contributed by atoms with Gasteiger partial charge in [-0.1, -0.05) is 13.8 Å². The molecule has 0 amide bonds. The number of anilines is 1. The Morgan fingerprint density at radius 1 is 1.54 bits per heavy atom. The Morgan fingerprint density at radius 2 is 2.31 bits per heavy atom. The molecule has 1 rings (SSSR count). The van der Waals surface area contributed by atoms with E-state index in [0.29, 0.717) is 24.4 Å². The molecule has 0 atom stereocenters. The van der Waals surface area contributed by atoms with Crippen LogP contribution in [0.4, 0.5) is 5.82 Å². The highest BCUT2D eigenvalue weighted by molar-refractivity contribution is 5.26. The second-order valence-electron chi connectivity index (χ2n) is 3.30. The van der Waals surface area contributed by atoms with Crippen LogP contribution < -0.4 is 10.5 Å². The van der Waals surface area contributed by atoms with Crippen LogP contribution in [-0.4, -0.2) is 16.6 Å². The molecule has 0 radical (unpaired) electrons. The Hall–Kier alpha value is -1.32. The largest absolute Gasteiger partial charge is 0.463 e. The van der Waals surface area contributed by atoms with Crippen molar-refractivity contribution in [3.63, 3.8) is 0 Å². The molecule has 0 bridgehead atoms. The van der Waals surface area contributed by atoms with Crippen molar-refractivity contribution >= 4 is 5.82 Å². The van der Waals surface area contributed by atoms with Crippen molar-refractivity contribution in [2.24, 2.45) is 5.92 Å². The smallest absolute Gasteiger partial charge is 0.318 e. The minimum atomic E-state index is 0.362. The molecule has 4 nitrogen and oxygen atoms in total. The van der Waals surface area contributed by atoms with Gasteiger partial charge < -0.3 is 10.5 Å².